The molecule has 2 aromatic carbocycles. The number of para-hydroxylation sites is 2. The fourth-order valence-electron chi connectivity index (χ4n) is 3.56. The highest BCUT2D eigenvalue weighted by molar-refractivity contribution is 7.10. The van der Waals surface area contributed by atoms with Crippen LogP contribution in [0.2, 0.25) is 0 Å². The highest BCUT2D eigenvalue weighted by atomic mass is 32.1. The number of halogens is 1. The molecule has 1 unspecified atom stereocenters. The van der Waals surface area contributed by atoms with Gasteiger partial charge in [0.2, 0.25) is 5.91 Å². The third-order valence-electron chi connectivity index (χ3n) is 5.10. The van der Waals surface area contributed by atoms with E-state index < -0.39 is 42.2 Å². The zero-order chi connectivity index (χ0) is 24.2. The first kappa shape index (κ1) is 23.1. The number of ether oxygens (including phenoxy) is 1. The topological polar surface area (TPSA) is 96.0 Å². The molecule has 174 valence electrons. The molecule has 0 aliphatic carbocycles. The minimum atomic E-state index is -1.11. The number of urea groups is 1. The van der Waals surface area contributed by atoms with Crippen molar-refractivity contribution in [2.75, 3.05) is 18.1 Å². The smallest absolute Gasteiger partial charge is 0.339 e. The largest absolute Gasteiger partial charge is 0.492 e. The molecule has 1 saturated heterocycles. The predicted octanol–water partition coefficient (Wildman–Crippen LogP) is 3.49. The predicted molar refractivity (Wildman–Crippen MR) is 123 cm³/mol. The van der Waals surface area contributed by atoms with Crippen LogP contribution in [0, 0.1) is 5.82 Å². The lowest BCUT2D eigenvalue weighted by Gasteiger charge is -2.21. The van der Waals surface area contributed by atoms with Crippen LogP contribution >= 0.6 is 11.3 Å². The van der Waals surface area contributed by atoms with Crippen molar-refractivity contribution < 1.29 is 28.3 Å². The second kappa shape index (κ2) is 9.84. The number of nitrogens with zero attached hydrogens (tertiary/aromatic N) is 2. The lowest BCUT2D eigenvalue weighted by Crippen LogP contribution is -2.42. The molecule has 4 rings (SSSR count). The second-order valence-electron chi connectivity index (χ2n) is 7.28. The third-order valence-corrected chi connectivity index (χ3v) is 6.03. The van der Waals surface area contributed by atoms with Gasteiger partial charge in [-0.15, -0.1) is 11.3 Å². The SMILES string of the molecule is CCOc1ccccc1N1C(=O)C(=O)N(CC(=O)NC(c2ccc(F)cc2)c2cccs2)C1=O. The van der Waals surface area contributed by atoms with Gasteiger partial charge in [-0.05, 0) is 48.2 Å². The van der Waals surface area contributed by atoms with Crippen LogP contribution in [0.4, 0.5) is 14.9 Å². The van der Waals surface area contributed by atoms with E-state index in [1.54, 1.807) is 43.3 Å². The standard InChI is InChI=1S/C24H20FN3O5S/c1-2-33-18-7-4-3-6-17(18)28-23(31)22(30)27(24(28)32)14-20(29)26-21(19-8-5-13-34-19)15-9-11-16(25)12-10-15/h3-13,21H,2,14H2,1H3,(H,26,29). The minimum Gasteiger partial charge on any atom is -0.492 e. The van der Waals surface area contributed by atoms with E-state index in [1.165, 1.54) is 29.5 Å². The van der Waals surface area contributed by atoms with Gasteiger partial charge in [0, 0.05) is 4.88 Å². The summed E-state index contributed by atoms with van der Waals surface area (Å²) in [6.07, 6.45) is 0. The van der Waals surface area contributed by atoms with E-state index in [4.69, 9.17) is 4.74 Å². The fourth-order valence-corrected chi connectivity index (χ4v) is 4.36. The summed E-state index contributed by atoms with van der Waals surface area (Å²) in [7, 11) is 0. The number of nitrogens with one attached hydrogen (secondary N) is 1. The monoisotopic (exact) mass is 481 g/mol. The first-order valence-corrected chi connectivity index (χ1v) is 11.3. The zero-order valence-electron chi connectivity index (χ0n) is 18.1. The Morgan fingerprint density at radius 1 is 1.03 bits per heavy atom. The second-order valence-corrected chi connectivity index (χ2v) is 8.26. The summed E-state index contributed by atoms with van der Waals surface area (Å²) in [6, 6.07) is 14.0. The van der Waals surface area contributed by atoms with Crippen LogP contribution in [0.5, 0.6) is 5.75 Å². The van der Waals surface area contributed by atoms with Crippen molar-refractivity contribution in [3.8, 4) is 5.75 Å². The molecule has 0 radical (unpaired) electrons. The maximum atomic E-state index is 13.4. The Hall–Kier alpha value is -4.05. The maximum Gasteiger partial charge on any atom is 0.339 e. The molecule has 34 heavy (non-hydrogen) atoms. The van der Waals surface area contributed by atoms with Gasteiger partial charge in [0.1, 0.15) is 18.1 Å². The van der Waals surface area contributed by atoms with Crippen LogP contribution in [0.15, 0.2) is 66.0 Å². The van der Waals surface area contributed by atoms with Gasteiger partial charge in [-0.3, -0.25) is 14.4 Å². The van der Waals surface area contributed by atoms with Crippen LogP contribution in [0.25, 0.3) is 0 Å². The Balaban J connectivity index is 1.54. The maximum absolute atomic E-state index is 13.4. The molecule has 0 saturated carbocycles. The van der Waals surface area contributed by atoms with Crippen molar-refractivity contribution >= 4 is 40.8 Å². The van der Waals surface area contributed by atoms with Crippen molar-refractivity contribution in [3.63, 3.8) is 0 Å². The number of hydrogen-bond donors (Lipinski definition) is 1. The number of anilines is 1. The summed E-state index contributed by atoms with van der Waals surface area (Å²) in [4.78, 5) is 53.1. The Morgan fingerprint density at radius 2 is 1.76 bits per heavy atom. The fraction of sp³-hybridized carbons (Fsp3) is 0.167. The molecule has 8 nitrogen and oxygen atoms in total. The van der Waals surface area contributed by atoms with Gasteiger partial charge in [-0.1, -0.05) is 30.3 Å². The van der Waals surface area contributed by atoms with E-state index in [1.807, 2.05) is 11.4 Å². The van der Waals surface area contributed by atoms with Crippen LogP contribution in [-0.2, 0) is 14.4 Å². The molecular weight excluding hydrogens is 461 g/mol. The number of carbonyl (C=O) groups is 4. The summed E-state index contributed by atoms with van der Waals surface area (Å²) < 4.78 is 18.9. The minimum absolute atomic E-state index is 0.124. The lowest BCUT2D eigenvalue weighted by molar-refractivity contribution is -0.140. The third kappa shape index (κ3) is 4.53. The van der Waals surface area contributed by atoms with Crippen LogP contribution in [0.3, 0.4) is 0 Å². The van der Waals surface area contributed by atoms with Gasteiger partial charge in [0.25, 0.3) is 0 Å². The number of thiophene rings is 1. The number of imide groups is 2. The molecule has 1 aromatic heterocycles. The molecule has 1 aliphatic heterocycles. The molecule has 1 atom stereocenters. The van der Waals surface area contributed by atoms with Crippen molar-refractivity contribution in [1.29, 1.82) is 0 Å². The molecule has 2 heterocycles. The van der Waals surface area contributed by atoms with E-state index in [0.29, 0.717) is 22.0 Å². The summed E-state index contributed by atoms with van der Waals surface area (Å²) in [5, 5.41) is 4.60. The van der Waals surface area contributed by atoms with E-state index in [0.717, 1.165) is 4.88 Å². The number of carbonyl (C=O) groups excluding carboxylic acids is 4. The summed E-state index contributed by atoms with van der Waals surface area (Å²) >= 11 is 1.39. The quantitative estimate of drug-likeness (QED) is 0.393. The normalized spacial score (nSPS) is 14.5. The Labute approximate surface area is 198 Å². The molecule has 5 amide bonds. The average molecular weight is 482 g/mol. The zero-order valence-corrected chi connectivity index (χ0v) is 18.9. The van der Waals surface area contributed by atoms with E-state index in [2.05, 4.69) is 5.32 Å². The molecule has 1 fully saturated rings. The number of amides is 5. The number of rotatable bonds is 8. The van der Waals surface area contributed by atoms with Gasteiger partial charge in [-0.2, -0.15) is 0 Å². The first-order chi connectivity index (χ1) is 16.4. The summed E-state index contributed by atoms with van der Waals surface area (Å²) in [5.74, 6) is -2.99. The first-order valence-electron chi connectivity index (χ1n) is 10.4. The highest BCUT2D eigenvalue weighted by Gasteiger charge is 2.47. The van der Waals surface area contributed by atoms with Gasteiger partial charge >= 0.3 is 17.8 Å². The molecule has 0 bridgehead atoms. The van der Waals surface area contributed by atoms with Crippen molar-refractivity contribution in [2.45, 2.75) is 13.0 Å². The van der Waals surface area contributed by atoms with E-state index in [-0.39, 0.29) is 11.4 Å². The van der Waals surface area contributed by atoms with Crippen molar-refractivity contribution in [3.05, 3.63) is 82.3 Å². The molecular formula is C24H20FN3O5S. The van der Waals surface area contributed by atoms with Crippen LogP contribution in [0.1, 0.15) is 23.4 Å². The molecule has 1 N–H and O–H groups in total. The molecule has 1 aliphatic rings. The number of hydrogen-bond acceptors (Lipinski definition) is 6. The average Bonchev–Trinajstić information content (AvgIpc) is 3.43. The lowest BCUT2D eigenvalue weighted by atomic mass is 10.1. The van der Waals surface area contributed by atoms with Gasteiger partial charge in [0.05, 0.1) is 18.3 Å². The van der Waals surface area contributed by atoms with Gasteiger partial charge in [-0.25, -0.2) is 19.0 Å². The van der Waals surface area contributed by atoms with E-state index >= 15 is 0 Å². The van der Waals surface area contributed by atoms with Crippen molar-refractivity contribution in [2.24, 2.45) is 0 Å². The van der Waals surface area contributed by atoms with Gasteiger partial charge in [0.15, 0.2) is 0 Å². The summed E-state index contributed by atoms with van der Waals surface area (Å²) in [6.45, 7) is 1.39. The van der Waals surface area contributed by atoms with Crippen LogP contribution in [-0.4, -0.2) is 41.8 Å². The summed E-state index contributed by atoms with van der Waals surface area (Å²) in [5.41, 5.74) is 0.748. The van der Waals surface area contributed by atoms with Crippen LogP contribution < -0.4 is 15.0 Å². The number of benzene rings is 2. The molecule has 3 aromatic rings. The Kier molecular flexibility index (Phi) is 6.69. The van der Waals surface area contributed by atoms with Crippen molar-refractivity contribution in [1.82, 2.24) is 10.2 Å². The molecule has 10 heteroatoms. The molecule has 0 spiro atoms. The van der Waals surface area contributed by atoms with Gasteiger partial charge < -0.3 is 10.1 Å². The Bertz CT molecular complexity index is 1230. The van der Waals surface area contributed by atoms with E-state index in [9.17, 15) is 23.6 Å². The Morgan fingerprint density at radius 3 is 2.44 bits per heavy atom. The highest BCUT2D eigenvalue weighted by Crippen LogP contribution is 2.32.